The van der Waals surface area contributed by atoms with Crippen LogP contribution in [0.2, 0.25) is 0 Å². The van der Waals surface area contributed by atoms with Crippen LogP contribution in [-0.2, 0) is 0 Å². The molecule has 0 spiro atoms. The van der Waals surface area contributed by atoms with Crippen molar-refractivity contribution in [1.82, 2.24) is 9.78 Å². The largest absolute Gasteiger partial charge is 0.333 e. The molecule has 0 saturated carbocycles. The molecule has 1 aromatic carbocycles. The normalized spacial score (nSPS) is 11.3. The predicted molar refractivity (Wildman–Crippen MR) is 50.9 cm³/mol. The molecule has 1 heterocycles. The number of halogens is 3. The van der Waals surface area contributed by atoms with Gasteiger partial charge in [-0.15, -0.1) is 0 Å². The number of carbonyl (C=O) groups excluding carboxylic acids is 1. The molecule has 0 aliphatic carbocycles. The van der Waals surface area contributed by atoms with Crippen LogP contribution in [0.3, 0.4) is 0 Å². The van der Waals surface area contributed by atoms with Gasteiger partial charge in [-0.1, -0.05) is 0 Å². The van der Waals surface area contributed by atoms with E-state index in [1.165, 1.54) is 13.0 Å². The quantitative estimate of drug-likeness (QED) is 0.741. The Balaban J connectivity index is 2.81. The van der Waals surface area contributed by atoms with Gasteiger partial charge in [-0.2, -0.15) is 13.9 Å². The van der Waals surface area contributed by atoms with Gasteiger partial charge in [-0.05, 0) is 12.1 Å². The van der Waals surface area contributed by atoms with Crippen molar-refractivity contribution < 1.29 is 18.0 Å². The highest BCUT2D eigenvalue weighted by Gasteiger charge is 2.18. The Bertz CT molecular complexity index is 562. The van der Waals surface area contributed by atoms with E-state index in [2.05, 4.69) is 5.10 Å². The van der Waals surface area contributed by atoms with Crippen molar-refractivity contribution in [3.05, 3.63) is 29.7 Å². The molecular formula is C10H7F3N2O. The molecule has 2 rings (SSSR count). The first kappa shape index (κ1) is 10.7. The molecule has 0 unspecified atom stereocenters. The third kappa shape index (κ3) is 1.56. The maximum absolute atomic E-state index is 12.9. The standard InChI is InChI=1S/C10H7F3N2O/c1-5(16)9-7-3-2-6(11)4-8(7)15(14-9)10(12)13/h2-4,10H,1H3. The molecule has 0 fully saturated rings. The lowest BCUT2D eigenvalue weighted by Crippen LogP contribution is -2.02. The number of fused-ring (bicyclic) bond motifs is 1. The minimum absolute atomic E-state index is 0.0738. The monoisotopic (exact) mass is 228 g/mol. The maximum atomic E-state index is 12.9. The van der Waals surface area contributed by atoms with Gasteiger partial charge in [-0.3, -0.25) is 4.79 Å². The zero-order valence-corrected chi connectivity index (χ0v) is 8.25. The van der Waals surface area contributed by atoms with Crippen LogP contribution in [0.5, 0.6) is 0 Å². The lowest BCUT2D eigenvalue weighted by Gasteiger charge is -1.99. The van der Waals surface area contributed by atoms with Crippen LogP contribution in [-0.4, -0.2) is 15.6 Å². The van der Waals surface area contributed by atoms with Crippen molar-refractivity contribution >= 4 is 16.7 Å². The first-order valence-corrected chi connectivity index (χ1v) is 4.47. The Labute approximate surface area is 88.5 Å². The zero-order valence-electron chi connectivity index (χ0n) is 8.25. The van der Waals surface area contributed by atoms with Crippen LogP contribution in [0.15, 0.2) is 18.2 Å². The summed E-state index contributed by atoms with van der Waals surface area (Å²) in [5.74, 6) is -1.08. The summed E-state index contributed by atoms with van der Waals surface area (Å²) in [5.41, 5.74) is -0.157. The zero-order chi connectivity index (χ0) is 11.9. The minimum Gasteiger partial charge on any atom is -0.293 e. The fraction of sp³-hybridized carbons (Fsp3) is 0.200. The lowest BCUT2D eigenvalue weighted by atomic mass is 10.1. The topological polar surface area (TPSA) is 34.9 Å². The second kappa shape index (κ2) is 3.62. The summed E-state index contributed by atoms with van der Waals surface area (Å²) in [6.07, 6.45) is 0. The summed E-state index contributed by atoms with van der Waals surface area (Å²) in [6, 6.07) is 3.31. The summed E-state index contributed by atoms with van der Waals surface area (Å²) in [6.45, 7) is -1.68. The number of rotatable bonds is 2. The van der Waals surface area contributed by atoms with Gasteiger partial charge in [0.1, 0.15) is 11.5 Å². The molecule has 2 aromatic rings. The van der Waals surface area contributed by atoms with Gasteiger partial charge in [0.2, 0.25) is 0 Å². The van der Waals surface area contributed by atoms with E-state index in [9.17, 15) is 18.0 Å². The van der Waals surface area contributed by atoms with Crippen molar-refractivity contribution in [3.8, 4) is 0 Å². The molecule has 0 aliphatic heterocycles. The molecule has 0 atom stereocenters. The van der Waals surface area contributed by atoms with Crippen molar-refractivity contribution in [2.24, 2.45) is 0 Å². The molecule has 3 nitrogen and oxygen atoms in total. The number of hydrogen-bond acceptors (Lipinski definition) is 2. The van der Waals surface area contributed by atoms with Crippen molar-refractivity contribution in [3.63, 3.8) is 0 Å². The van der Waals surface area contributed by atoms with Crippen molar-refractivity contribution in [1.29, 1.82) is 0 Å². The lowest BCUT2D eigenvalue weighted by molar-refractivity contribution is 0.0609. The molecule has 16 heavy (non-hydrogen) atoms. The molecule has 0 radical (unpaired) electrons. The van der Waals surface area contributed by atoms with Crippen LogP contribution in [0, 0.1) is 5.82 Å². The van der Waals surface area contributed by atoms with Gasteiger partial charge in [0.15, 0.2) is 5.78 Å². The Morgan fingerprint density at radius 3 is 2.69 bits per heavy atom. The number of benzene rings is 1. The van der Waals surface area contributed by atoms with E-state index in [-0.39, 0.29) is 16.6 Å². The van der Waals surface area contributed by atoms with Crippen molar-refractivity contribution in [2.45, 2.75) is 13.5 Å². The number of carbonyl (C=O) groups is 1. The maximum Gasteiger partial charge on any atom is 0.333 e. The molecular weight excluding hydrogens is 221 g/mol. The summed E-state index contributed by atoms with van der Waals surface area (Å²) in [7, 11) is 0. The van der Waals surface area contributed by atoms with E-state index in [0.717, 1.165) is 12.1 Å². The summed E-state index contributed by atoms with van der Waals surface area (Å²) in [5, 5.41) is 3.71. The van der Waals surface area contributed by atoms with Crippen LogP contribution in [0.25, 0.3) is 10.9 Å². The van der Waals surface area contributed by atoms with E-state index in [0.29, 0.717) is 4.68 Å². The average molecular weight is 228 g/mol. The summed E-state index contributed by atoms with van der Waals surface area (Å²) >= 11 is 0. The number of Topliss-reactive ketones (excluding diaryl/α,β-unsaturated/α-hetero) is 1. The van der Waals surface area contributed by atoms with Gasteiger partial charge >= 0.3 is 6.55 Å². The van der Waals surface area contributed by atoms with E-state index < -0.39 is 18.1 Å². The first-order chi connectivity index (χ1) is 7.50. The van der Waals surface area contributed by atoms with Crippen molar-refractivity contribution in [2.75, 3.05) is 0 Å². The van der Waals surface area contributed by atoms with E-state index in [1.54, 1.807) is 0 Å². The number of hydrogen-bond donors (Lipinski definition) is 0. The Hall–Kier alpha value is -1.85. The van der Waals surface area contributed by atoms with Crippen LogP contribution in [0.4, 0.5) is 13.2 Å². The first-order valence-electron chi connectivity index (χ1n) is 4.47. The Morgan fingerprint density at radius 2 is 2.12 bits per heavy atom. The molecule has 0 amide bonds. The third-order valence-electron chi connectivity index (χ3n) is 2.19. The number of ketones is 1. The molecule has 0 N–H and O–H groups in total. The van der Waals surface area contributed by atoms with E-state index >= 15 is 0 Å². The highest BCUT2D eigenvalue weighted by atomic mass is 19.3. The highest BCUT2D eigenvalue weighted by Crippen LogP contribution is 2.24. The smallest absolute Gasteiger partial charge is 0.293 e. The second-order valence-electron chi connectivity index (χ2n) is 3.29. The summed E-state index contributed by atoms with van der Waals surface area (Å²) in [4.78, 5) is 11.2. The predicted octanol–water partition coefficient (Wildman–Crippen LogP) is 2.77. The number of alkyl halides is 2. The summed E-state index contributed by atoms with van der Waals surface area (Å²) < 4.78 is 38.4. The van der Waals surface area contributed by atoms with Crippen LogP contribution >= 0.6 is 0 Å². The molecule has 0 aliphatic rings. The molecule has 1 aromatic heterocycles. The fourth-order valence-corrected chi connectivity index (χ4v) is 1.52. The third-order valence-corrected chi connectivity index (χ3v) is 2.19. The molecule has 6 heteroatoms. The Kier molecular flexibility index (Phi) is 2.41. The second-order valence-corrected chi connectivity index (χ2v) is 3.29. The van der Waals surface area contributed by atoms with Gasteiger partial charge in [-0.25, -0.2) is 9.07 Å². The number of nitrogens with zero attached hydrogens (tertiary/aromatic N) is 2. The van der Waals surface area contributed by atoms with E-state index in [4.69, 9.17) is 0 Å². The van der Waals surface area contributed by atoms with Crippen LogP contribution in [0.1, 0.15) is 24.0 Å². The molecule has 84 valence electrons. The molecule has 0 saturated heterocycles. The highest BCUT2D eigenvalue weighted by molar-refractivity contribution is 6.04. The minimum atomic E-state index is -2.91. The van der Waals surface area contributed by atoms with Crippen LogP contribution < -0.4 is 0 Å². The fourth-order valence-electron chi connectivity index (χ4n) is 1.52. The van der Waals surface area contributed by atoms with Gasteiger partial charge in [0.25, 0.3) is 0 Å². The van der Waals surface area contributed by atoms with E-state index in [1.807, 2.05) is 0 Å². The van der Waals surface area contributed by atoms with Gasteiger partial charge < -0.3 is 0 Å². The van der Waals surface area contributed by atoms with Gasteiger partial charge in [0.05, 0.1) is 5.52 Å². The van der Waals surface area contributed by atoms with Gasteiger partial charge in [0, 0.05) is 18.4 Å². The molecule has 0 bridgehead atoms. The SMILES string of the molecule is CC(=O)c1nn(C(F)F)c2cc(F)ccc12. The Morgan fingerprint density at radius 1 is 1.44 bits per heavy atom. The number of aromatic nitrogens is 2. The average Bonchev–Trinajstić information content (AvgIpc) is 2.56.